The molecule has 0 saturated carbocycles. The molecule has 0 aliphatic heterocycles. The third-order valence-corrected chi connectivity index (χ3v) is 3.26. The van der Waals surface area contributed by atoms with Crippen LogP contribution in [0.4, 0.5) is 0 Å². The van der Waals surface area contributed by atoms with Crippen molar-refractivity contribution in [2.75, 3.05) is 0 Å². The Labute approximate surface area is 113 Å². The Balaban J connectivity index is 2.00. The van der Waals surface area contributed by atoms with Crippen molar-refractivity contribution in [3.8, 4) is 0 Å². The first-order valence-corrected chi connectivity index (χ1v) is 6.43. The van der Waals surface area contributed by atoms with Gasteiger partial charge in [-0.3, -0.25) is 4.98 Å². The molecule has 0 aliphatic carbocycles. The third-order valence-electron chi connectivity index (χ3n) is 2.92. The lowest BCUT2D eigenvalue weighted by molar-refractivity contribution is 0.574. The molecular formula is C15H17ClN2. The van der Waals surface area contributed by atoms with E-state index in [1.807, 2.05) is 37.5 Å². The van der Waals surface area contributed by atoms with E-state index in [0.29, 0.717) is 0 Å². The van der Waals surface area contributed by atoms with E-state index in [4.69, 9.17) is 11.6 Å². The maximum Gasteiger partial charge on any atom is 0.0453 e. The van der Waals surface area contributed by atoms with Crippen LogP contribution in [0.1, 0.15) is 29.7 Å². The van der Waals surface area contributed by atoms with Crippen LogP contribution in [-0.2, 0) is 6.54 Å². The molecule has 1 aromatic carbocycles. The highest BCUT2D eigenvalue weighted by Gasteiger charge is 2.08. The van der Waals surface area contributed by atoms with E-state index in [1.54, 1.807) is 0 Å². The normalized spacial score (nSPS) is 12.4. The largest absolute Gasteiger partial charge is 0.306 e. The van der Waals surface area contributed by atoms with Crippen molar-refractivity contribution in [2.24, 2.45) is 0 Å². The zero-order chi connectivity index (χ0) is 13.0. The summed E-state index contributed by atoms with van der Waals surface area (Å²) in [7, 11) is 0. The van der Waals surface area contributed by atoms with Gasteiger partial charge in [0.2, 0.25) is 0 Å². The first-order valence-electron chi connectivity index (χ1n) is 6.05. The van der Waals surface area contributed by atoms with Crippen molar-refractivity contribution in [3.63, 3.8) is 0 Å². The predicted octanol–water partition coefficient (Wildman–Crippen LogP) is 3.89. The van der Waals surface area contributed by atoms with Crippen molar-refractivity contribution in [2.45, 2.75) is 26.4 Å². The zero-order valence-corrected chi connectivity index (χ0v) is 11.4. The van der Waals surface area contributed by atoms with Crippen molar-refractivity contribution in [1.82, 2.24) is 10.3 Å². The van der Waals surface area contributed by atoms with E-state index in [0.717, 1.165) is 17.1 Å². The predicted molar refractivity (Wildman–Crippen MR) is 75.7 cm³/mol. The van der Waals surface area contributed by atoms with Gasteiger partial charge in [0.05, 0.1) is 0 Å². The van der Waals surface area contributed by atoms with Crippen LogP contribution in [0, 0.1) is 6.92 Å². The molecule has 94 valence electrons. The molecule has 0 saturated heterocycles. The third kappa shape index (κ3) is 3.31. The van der Waals surface area contributed by atoms with Crippen molar-refractivity contribution < 1.29 is 0 Å². The van der Waals surface area contributed by atoms with E-state index in [1.165, 1.54) is 11.1 Å². The summed E-state index contributed by atoms with van der Waals surface area (Å²) in [4.78, 5) is 4.19. The quantitative estimate of drug-likeness (QED) is 0.902. The number of hydrogen-bond donors (Lipinski definition) is 1. The Morgan fingerprint density at radius 2 is 2.06 bits per heavy atom. The minimum Gasteiger partial charge on any atom is -0.306 e. The second-order valence-electron chi connectivity index (χ2n) is 4.49. The van der Waals surface area contributed by atoms with Crippen LogP contribution in [0.25, 0.3) is 0 Å². The number of nitrogens with one attached hydrogen (secondary N) is 1. The number of benzene rings is 1. The lowest BCUT2D eigenvalue weighted by Gasteiger charge is -2.15. The highest BCUT2D eigenvalue weighted by atomic mass is 35.5. The van der Waals surface area contributed by atoms with Gasteiger partial charge in [0.1, 0.15) is 0 Å². The zero-order valence-electron chi connectivity index (χ0n) is 10.7. The summed E-state index contributed by atoms with van der Waals surface area (Å²) >= 11 is 6.17. The average Bonchev–Trinajstić information content (AvgIpc) is 2.37. The SMILES string of the molecule is Cc1cncc(CNC(C)c2ccccc2Cl)c1. The Kier molecular flexibility index (Phi) is 4.34. The van der Waals surface area contributed by atoms with Crippen LogP contribution >= 0.6 is 11.6 Å². The summed E-state index contributed by atoms with van der Waals surface area (Å²) in [6.07, 6.45) is 3.75. The molecule has 2 aromatic rings. The Morgan fingerprint density at radius 1 is 1.28 bits per heavy atom. The molecule has 3 heteroatoms. The van der Waals surface area contributed by atoms with E-state index in [2.05, 4.69) is 29.4 Å². The molecule has 1 heterocycles. The number of nitrogens with zero attached hydrogens (tertiary/aromatic N) is 1. The van der Waals surface area contributed by atoms with Crippen molar-refractivity contribution in [1.29, 1.82) is 0 Å². The number of hydrogen-bond acceptors (Lipinski definition) is 2. The first-order chi connectivity index (χ1) is 8.66. The van der Waals surface area contributed by atoms with Crippen LogP contribution in [0.15, 0.2) is 42.7 Å². The van der Waals surface area contributed by atoms with Gasteiger partial charge < -0.3 is 5.32 Å². The minimum atomic E-state index is 0.221. The van der Waals surface area contributed by atoms with E-state index >= 15 is 0 Å². The Bertz CT molecular complexity index is 525. The maximum atomic E-state index is 6.17. The first kappa shape index (κ1) is 13.1. The van der Waals surface area contributed by atoms with Gasteiger partial charge in [-0.1, -0.05) is 35.9 Å². The number of aryl methyl sites for hydroxylation is 1. The fourth-order valence-electron chi connectivity index (χ4n) is 1.92. The summed E-state index contributed by atoms with van der Waals surface area (Å²) < 4.78 is 0. The summed E-state index contributed by atoms with van der Waals surface area (Å²) in [5.41, 5.74) is 3.49. The second-order valence-corrected chi connectivity index (χ2v) is 4.90. The molecule has 0 bridgehead atoms. The molecule has 1 unspecified atom stereocenters. The smallest absolute Gasteiger partial charge is 0.0453 e. The Morgan fingerprint density at radius 3 is 2.78 bits per heavy atom. The highest BCUT2D eigenvalue weighted by Crippen LogP contribution is 2.22. The maximum absolute atomic E-state index is 6.17. The molecule has 0 aliphatic rings. The van der Waals surface area contributed by atoms with Crippen LogP contribution in [0.3, 0.4) is 0 Å². The monoisotopic (exact) mass is 260 g/mol. The summed E-state index contributed by atoms with van der Waals surface area (Å²) in [5.74, 6) is 0. The molecule has 1 N–H and O–H groups in total. The van der Waals surface area contributed by atoms with Gasteiger partial charge in [-0.25, -0.2) is 0 Å². The van der Waals surface area contributed by atoms with Crippen LogP contribution in [0.2, 0.25) is 5.02 Å². The van der Waals surface area contributed by atoms with E-state index in [-0.39, 0.29) is 6.04 Å². The molecule has 0 amide bonds. The standard InChI is InChI=1S/C15H17ClN2/c1-11-7-13(9-17-8-11)10-18-12(2)14-5-3-4-6-15(14)16/h3-9,12,18H,10H2,1-2H3. The number of pyridine rings is 1. The molecule has 18 heavy (non-hydrogen) atoms. The molecule has 0 fully saturated rings. The lowest BCUT2D eigenvalue weighted by atomic mass is 10.1. The lowest BCUT2D eigenvalue weighted by Crippen LogP contribution is -2.18. The summed E-state index contributed by atoms with van der Waals surface area (Å²) in [5, 5.41) is 4.26. The summed E-state index contributed by atoms with van der Waals surface area (Å²) in [6.45, 7) is 4.96. The second kappa shape index (κ2) is 5.98. The molecule has 1 atom stereocenters. The molecule has 2 rings (SSSR count). The van der Waals surface area contributed by atoms with Gasteiger partial charge in [0, 0.05) is 30.0 Å². The van der Waals surface area contributed by atoms with Gasteiger partial charge >= 0.3 is 0 Å². The molecule has 0 spiro atoms. The molecule has 0 radical (unpaired) electrons. The molecule has 1 aromatic heterocycles. The van der Waals surface area contributed by atoms with Crippen molar-refractivity contribution in [3.05, 3.63) is 64.4 Å². The molecular weight excluding hydrogens is 244 g/mol. The van der Waals surface area contributed by atoms with Gasteiger partial charge in [-0.05, 0) is 36.6 Å². The van der Waals surface area contributed by atoms with Crippen LogP contribution in [-0.4, -0.2) is 4.98 Å². The van der Waals surface area contributed by atoms with Gasteiger partial charge in [0.25, 0.3) is 0 Å². The molecule has 2 nitrogen and oxygen atoms in total. The van der Waals surface area contributed by atoms with Crippen LogP contribution < -0.4 is 5.32 Å². The average molecular weight is 261 g/mol. The number of rotatable bonds is 4. The van der Waals surface area contributed by atoms with Crippen LogP contribution in [0.5, 0.6) is 0 Å². The fraction of sp³-hybridized carbons (Fsp3) is 0.267. The van der Waals surface area contributed by atoms with E-state index in [9.17, 15) is 0 Å². The Hall–Kier alpha value is -1.38. The highest BCUT2D eigenvalue weighted by molar-refractivity contribution is 6.31. The number of halogens is 1. The summed E-state index contributed by atoms with van der Waals surface area (Å²) in [6, 6.07) is 10.3. The van der Waals surface area contributed by atoms with E-state index < -0.39 is 0 Å². The van der Waals surface area contributed by atoms with Gasteiger partial charge in [-0.2, -0.15) is 0 Å². The van der Waals surface area contributed by atoms with Gasteiger partial charge in [-0.15, -0.1) is 0 Å². The minimum absolute atomic E-state index is 0.221. The number of aromatic nitrogens is 1. The van der Waals surface area contributed by atoms with Crippen molar-refractivity contribution >= 4 is 11.6 Å². The fourth-order valence-corrected chi connectivity index (χ4v) is 2.22. The van der Waals surface area contributed by atoms with Gasteiger partial charge in [0.15, 0.2) is 0 Å². The topological polar surface area (TPSA) is 24.9 Å².